The van der Waals surface area contributed by atoms with Gasteiger partial charge in [0.1, 0.15) is 17.1 Å². The molecule has 2 aliphatic carbocycles. The largest absolute Gasteiger partial charge is 0.399 e. The predicted molar refractivity (Wildman–Crippen MR) is 311 cm³/mol. The van der Waals surface area contributed by atoms with Crippen molar-refractivity contribution in [2.45, 2.75) is 83.5 Å². The van der Waals surface area contributed by atoms with Gasteiger partial charge in [-0.2, -0.15) is 15.3 Å². The maximum Gasteiger partial charge on any atom is 0.100 e. The summed E-state index contributed by atoms with van der Waals surface area (Å²) in [6, 6.07) is 43.7. The SMILES string of the molecule is Clc1ccc(-c2n[nH]c(CC3CCCCC3)c2-c2ccncc2)cc1.Clc1ccc(-c2n[nH]c(CC3CCCCC3)c2-c2ccncc2)cc1.Nc1cccc(Cc2[nH]nc(-c3ccc(Cl)cc3)c2-c2ccncc2)c1. The van der Waals surface area contributed by atoms with Crippen molar-refractivity contribution >= 4 is 40.5 Å². The molecule has 0 radical (unpaired) electrons. The molecule has 0 aliphatic heterocycles. The summed E-state index contributed by atoms with van der Waals surface area (Å²) in [6.45, 7) is 0. The second-order valence-corrected chi connectivity index (χ2v) is 21.2. The number of nitrogens with zero attached hydrogens (tertiary/aromatic N) is 6. The molecule has 10 aromatic rings. The molecule has 0 unspecified atom stereocenters. The van der Waals surface area contributed by atoms with Crippen molar-refractivity contribution in [3.63, 3.8) is 0 Å². The van der Waals surface area contributed by atoms with Crippen LogP contribution >= 0.6 is 34.8 Å². The number of rotatable bonds is 12. The van der Waals surface area contributed by atoms with E-state index in [0.717, 1.165) is 96.6 Å². The smallest absolute Gasteiger partial charge is 0.100 e. The Morgan fingerprint density at radius 3 is 1.09 bits per heavy atom. The third-order valence-electron chi connectivity index (χ3n) is 14.6. The van der Waals surface area contributed by atoms with Crippen LogP contribution in [0.3, 0.4) is 0 Å². The lowest BCUT2D eigenvalue weighted by molar-refractivity contribution is 0.354. The van der Waals surface area contributed by atoms with Crippen LogP contribution in [-0.4, -0.2) is 45.5 Å². The normalized spacial score (nSPS) is 13.8. The Balaban J connectivity index is 0.000000130. The van der Waals surface area contributed by atoms with E-state index < -0.39 is 0 Å². The van der Waals surface area contributed by atoms with Gasteiger partial charge in [-0.25, -0.2) is 0 Å². The summed E-state index contributed by atoms with van der Waals surface area (Å²) in [7, 11) is 0. The van der Waals surface area contributed by atoms with E-state index in [4.69, 9.17) is 40.5 Å². The van der Waals surface area contributed by atoms with E-state index in [-0.39, 0.29) is 0 Å². The van der Waals surface area contributed by atoms with Gasteiger partial charge in [-0.05, 0) is 132 Å². The lowest BCUT2D eigenvalue weighted by Crippen LogP contribution is -2.10. The molecule has 0 amide bonds. The Labute approximate surface area is 460 Å². The zero-order valence-corrected chi connectivity index (χ0v) is 44.7. The number of hydrogen-bond donors (Lipinski definition) is 4. The van der Waals surface area contributed by atoms with Gasteiger partial charge < -0.3 is 5.73 Å². The van der Waals surface area contributed by atoms with Crippen LogP contribution in [0.5, 0.6) is 0 Å². The number of nitrogens with two attached hydrogens (primary N) is 1. The second kappa shape index (κ2) is 25.4. The molecule has 2 fully saturated rings. The van der Waals surface area contributed by atoms with Crippen LogP contribution in [0.15, 0.2) is 171 Å². The molecule has 2 saturated carbocycles. The lowest BCUT2D eigenvalue weighted by Gasteiger charge is -2.21. The van der Waals surface area contributed by atoms with Gasteiger partial charge in [0, 0.05) is 115 Å². The summed E-state index contributed by atoms with van der Waals surface area (Å²) >= 11 is 18.1. The van der Waals surface area contributed by atoms with Crippen LogP contribution in [0, 0.1) is 11.8 Å². The van der Waals surface area contributed by atoms with Crippen LogP contribution in [-0.2, 0) is 19.3 Å². The summed E-state index contributed by atoms with van der Waals surface area (Å²) in [5.41, 5.74) is 24.3. The molecule has 2 aliphatic rings. The molecule has 6 aromatic heterocycles. The number of pyridine rings is 3. The van der Waals surface area contributed by atoms with Crippen LogP contribution in [0.25, 0.3) is 67.2 Å². The fourth-order valence-corrected chi connectivity index (χ4v) is 11.1. The minimum absolute atomic E-state index is 0.703. The zero-order valence-electron chi connectivity index (χ0n) is 42.4. The van der Waals surface area contributed by atoms with Gasteiger partial charge in [0.25, 0.3) is 0 Å². The van der Waals surface area contributed by atoms with E-state index in [0.29, 0.717) is 11.4 Å². The maximum absolute atomic E-state index is 6.05. The zero-order chi connectivity index (χ0) is 52.1. The van der Waals surface area contributed by atoms with E-state index >= 15 is 0 Å². The number of benzene rings is 4. The lowest BCUT2D eigenvalue weighted by atomic mass is 9.84. The molecular formula is C63H61Cl3N10. The molecule has 0 atom stereocenters. The molecule has 0 bridgehead atoms. The van der Waals surface area contributed by atoms with E-state index in [9.17, 15) is 0 Å². The monoisotopic (exact) mass is 1060 g/mol. The van der Waals surface area contributed by atoms with E-state index in [1.165, 1.54) is 97.8 Å². The standard InChI is InChI=1S/C21H17ClN4.2C21H22ClN3/c22-17-6-4-16(5-7-17)21-20(15-8-10-24-11-9-15)19(25-26-21)13-14-2-1-3-18(23)12-14;2*22-18-8-6-17(7-9-18)21-20(16-10-12-23-13-11-16)19(24-25-21)14-15-4-2-1-3-5-15/h1-12H,13,23H2,(H,25,26);2*6-13,15H,1-5,14H2,(H,24,25). The fourth-order valence-electron chi connectivity index (χ4n) is 10.8. The maximum atomic E-state index is 6.05. The predicted octanol–water partition coefficient (Wildman–Crippen LogP) is 16.8. The van der Waals surface area contributed by atoms with Gasteiger partial charge in [-0.15, -0.1) is 0 Å². The average molecular weight is 1060 g/mol. The summed E-state index contributed by atoms with van der Waals surface area (Å²) < 4.78 is 0. The number of nitrogens with one attached hydrogen (secondary N) is 3. The van der Waals surface area contributed by atoms with E-state index in [1.807, 2.05) is 128 Å². The van der Waals surface area contributed by atoms with Crippen LogP contribution in [0.1, 0.15) is 86.9 Å². The molecule has 0 saturated heterocycles. The van der Waals surface area contributed by atoms with Gasteiger partial charge in [0.2, 0.25) is 0 Å². The highest BCUT2D eigenvalue weighted by molar-refractivity contribution is 6.31. The molecule has 5 N–H and O–H groups in total. The molecular weight excluding hydrogens is 1000 g/mol. The minimum Gasteiger partial charge on any atom is -0.399 e. The number of aromatic amines is 3. The molecule has 0 spiro atoms. The summed E-state index contributed by atoms with van der Waals surface area (Å²) in [4.78, 5) is 12.5. The van der Waals surface area contributed by atoms with Crippen molar-refractivity contribution in [2.24, 2.45) is 11.8 Å². The quantitative estimate of drug-likeness (QED) is 0.0890. The number of halogens is 3. The summed E-state index contributed by atoms with van der Waals surface area (Å²) in [5.74, 6) is 1.51. The van der Waals surface area contributed by atoms with Crippen molar-refractivity contribution in [1.82, 2.24) is 45.5 Å². The number of hydrogen-bond acceptors (Lipinski definition) is 7. The third-order valence-corrected chi connectivity index (χ3v) is 15.3. The molecule has 76 heavy (non-hydrogen) atoms. The van der Waals surface area contributed by atoms with Gasteiger partial charge in [0.05, 0.1) is 0 Å². The van der Waals surface area contributed by atoms with Crippen LogP contribution in [0.2, 0.25) is 15.1 Å². The fraction of sp³-hybridized carbons (Fsp3) is 0.238. The molecule has 6 heterocycles. The topological polar surface area (TPSA) is 151 Å². The Morgan fingerprint density at radius 2 is 0.737 bits per heavy atom. The third kappa shape index (κ3) is 13.2. The molecule has 4 aromatic carbocycles. The highest BCUT2D eigenvalue weighted by atomic mass is 35.5. The Hall–Kier alpha value is -7.37. The Bertz CT molecular complexity index is 3240. The Kier molecular flexibility index (Phi) is 17.4. The van der Waals surface area contributed by atoms with Gasteiger partial charge in [-0.1, -0.05) is 148 Å². The van der Waals surface area contributed by atoms with Crippen molar-refractivity contribution in [1.29, 1.82) is 0 Å². The first kappa shape index (κ1) is 52.1. The number of aromatic nitrogens is 9. The summed E-state index contributed by atoms with van der Waals surface area (Å²) in [6.07, 6.45) is 27.3. The second-order valence-electron chi connectivity index (χ2n) is 19.8. The Morgan fingerprint density at radius 1 is 0.395 bits per heavy atom. The number of H-pyrrole nitrogens is 3. The van der Waals surface area contributed by atoms with E-state index in [2.05, 4.69) is 75.9 Å². The highest BCUT2D eigenvalue weighted by Gasteiger charge is 2.24. The first-order valence-electron chi connectivity index (χ1n) is 26.4. The highest BCUT2D eigenvalue weighted by Crippen LogP contribution is 2.39. The minimum atomic E-state index is 0.703. The van der Waals surface area contributed by atoms with Crippen molar-refractivity contribution < 1.29 is 0 Å². The first-order valence-corrected chi connectivity index (χ1v) is 27.5. The van der Waals surface area contributed by atoms with Crippen molar-refractivity contribution in [3.8, 4) is 67.2 Å². The number of nitrogen functional groups attached to an aromatic ring is 1. The molecule has 384 valence electrons. The molecule has 12 rings (SSSR count). The summed E-state index contributed by atoms with van der Waals surface area (Å²) in [5, 5.41) is 26.0. The van der Waals surface area contributed by atoms with Crippen molar-refractivity contribution in [2.75, 3.05) is 5.73 Å². The van der Waals surface area contributed by atoms with Crippen LogP contribution < -0.4 is 5.73 Å². The van der Waals surface area contributed by atoms with Gasteiger partial charge >= 0.3 is 0 Å². The van der Waals surface area contributed by atoms with Crippen molar-refractivity contribution in [3.05, 3.63) is 208 Å². The van der Waals surface area contributed by atoms with Crippen LogP contribution in [0.4, 0.5) is 5.69 Å². The molecule has 10 nitrogen and oxygen atoms in total. The first-order chi connectivity index (χ1) is 37.3. The van der Waals surface area contributed by atoms with E-state index in [1.54, 1.807) is 12.4 Å². The molecule has 13 heteroatoms. The number of anilines is 1. The van der Waals surface area contributed by atoms with Gasteiger partial charge in [0.15, 0.2) is 0 Å². The van der Waals surface area contributed by atoms with Gasteiger partial charge in [-0.3, -0.25) is 30.2 Å². The average Bonchev–Trinajstić information content (AvgIpc) is 4.21.